The van der Waals surface area contributed by atoms with Gasteiger partial charge < -0.3 is 4.90 Å². The highest BCUT2D eigenvalue weighted by molar-refractivity contribution is 6.24. The first-order valence-corrected chi connectivity index (χ1v) is 17.1. The Balaban J connectivity index is 1.19. The fraction of sp³-hybridized carbons (Fsp3) is 0. The summed E-state index contributed by atoms with van der Waals surface area (Å²) < 4.78 is 0. The molecule has 0 atom stereocenters. The van der Waals surface area contributed by atoms with Crippen molar-refractivity contribution in [3.8, 4) is 22.5 Å². The summed E-state index contributed by atoms with van der Waals surface area (Å²) in [6.07, 6.45) is 3.81. The Kier molecular flexibility index (Phi) is 6.74. The van der Waals surface area contributed by atoms with Crippen LogP contribution in [0.1, 0.15) is 0 Å². The molecule has 5 nitrogen and oxygen atoms in total. The van der Waals surface area contributed by atoms with Crippen LogP contribution in [0.5, 0.6) is 0 Å². The van der Waals surface area contributed by atoms with Gasteiger partial charge in [0.1, 0.15) is 0 Å². The number of hydrogen-bond donors (Lipinski definition) is 0. The summed E-state index contributed by atoms with van der Waals surface area (Å²) in [5.74, 6) is 0. The molecule has 0 N–H and O–H groups in total. The number of nitrogens with zero attached hydrogens (tertiary/aromatic N) is 5. The first kappa shape index (κ1) is 29.0. The number of fused-ring (bicyclic) bond motifs is 8. The van der Waals surface area contributed by atoms with Crippen LogP contribution in [0.2, 0.25) is 0 Å². The van der Waals surface area contributed by atoms with E-state index in [9.17, 15) is 0 Å². The minimum absolute atomic E-state index is 0.884. The maximum absolute atomic E-state index is 5.27. The van der Waals surface area contributed by atoms with Gasteiger partial charge in [0.25, 0.3) is 0 Å². The van der Waals surface area contributed by atoms with Crippen molar-refractivity contribution < 1.29 is 0 Å². The second-order valence-corrected chi connectivity index (χ2v) is 12.7. The molecule has 0 aliphatic carbocycles. The molecule has 0 fully saturated rings. The van der Waals surface area contributed by atoms with E-state index < -0.39 is 0 Å². The van der Waals surface area contributed by atoms with Gasteiger partial charge in [0.15, 0.2) is 0 Å². The van der Waals surface area contributed by atoms with E-state index in [4.69, 9.17) is 19.9 Å². The minimum Gasteiger partial charge on any atom is -0.311 e. The van der Waals surface area contributed by atoms with Gasteiger partial charge in [-0.25, -0.2) is 9.97 Å². The molecule has 51 heavy (non-hydrogen) atoms. The van der Waals surface area contributed by atoms with Crippen LogP contribution >= 0.6 is 0 Å². The van der Waals surface area contributed by atoms with Crippen LogP contribution in [0.25, 0.3) is 76.9 Å². The number of hydrogen-bond acceptors (Lipinski definition) is 5. The van der Waals surface area contributed by atoms with Crippen LogP contribution in [0.15, 0.2) is 176 Å². The van der Waals surface area contributed by atoms with Crippen molar-refractivity contribution in [3.63, 3.8) is 0 Å². The van der Waals surface area contributed by atoms with Crippen molar-refractivity contribution in [1.82, 2.24) is 19.9 Å². The van der Waals surface area contributed by atoms with Crippen LogP contribution in [0.3, 0.4) is 0 Å². The summed E-state index contributed by atoms with van der Waals surface area (Å²) in [5, 5.41) is 6.39. The first-order chi connectivity index (χ1) is 25.3. The Labute approximate surface area is 294 Å². The van der Waals surface area contributed by atoms with E-state index >= 15 is 0 Å². The highest BCUT2D eigenvalue weighted by Crippen LogP contribution is 2.41. The van der Waals surface area contributed by atoms with Gasteiger partial charge in [-0.2, -0.15) is 0 Å². The Hall–Kier alpha value is -6.98. The van der Waals surface area contributed by atoms with E-state index in [2.05, 4.69) is 150 Å². The number of aromatic nitrogens is 4. The second kappa shape index (κ2) is 11.9. The maximum Gasteiger partial charge on any atom is 0.0972 e. The van der Waals surface area contributed by atoms with Crippen LogP contribution in [0, 0.1) is 0 Å². The lowest BCUT2D eigenvalue weighted by Gasteiger charge is -2.25. The van der Waals surface area contributed by atoms with E-state index in [0.29, 0.717) is 0 Å². The quantitative estimate of drug-likeness (QED) is 0.173. The third-order valence-corrected chi connectivity index (χ3v) is 9.69. The molecule has 6 aromatic carbocycles. The lowest BCUT2D eigenvalue weighted by Crippen LogP contribution is -2.09. The van der Waals surface area contributed by atoms with Gasteiger partial charge in [-0.3, -0.25) is 9.97 Å². The average molecular weight is 652 g/mol. The molecule has 4 aromatic heterocycles. The lowest BCUT2D eigenvalue weighted by molar-refractivity contribution is 1.28. The lowest BCUT2D eigenvalue weighted by atomic mass is 9.94. The van der Waals surface area contributed by atoms with Crippen molar-refractivity contribution in [2.24, 2.45) is 0 Å². The second-order valence-electron chi connectivity index (χ2n) is 12.7. The first-order valence-electron chi connectivity index (χ1n) is 17.1. The van der Waals surface area contributed by atoms with Gasteiger partial charge in [-0.15, -0.1) is 0 Å². The third-order valence-electron chi connectivity index (χ3n) is 9.69. The number of benzene rings is 6. The van der Waals surface area contributed by atoms with Crippen LogP contribution in [0.4, 0.5) is 17.1 Å². The highest BCUT2D eigenvalue weighted by atomic mass is 15.1. The number of anilines is 3. The molecule has 0 saturated heterocycles. The standard InChI is InChI=1S/C46H29N5/c1-3-12-33(13-4-1)51(34-14-5-2-6-15-34)35-25-22-31(23-26-35)44-38-29-48-41-19-9-17-37(43(41)42(38)36-16-7-8-18-39(36)49-44)40-27-24-32-21-20-30-11-10-28-47-45(30)46(32)50-40/h1-29H. The molecule has 0 unspecified atom stereocenters. The Morgan fingerprint density at radius 2 is 1.08 bits per heavy atom. The fourth-order valence-electron chi connectivity index (χ4n) is 7.34. The molecule has 0 spiro atoms. The van der Waals surface area contributed by atoms with Crippen molar-refractivity contribution in [2.75, 3.05) is 4.90 Å². The predicted octanol–water partition coefficient (Wildman–Crippen LogP) is 11.8. The van der Waals surface area contributed by atoms with Gasteiger partial charge in [-0.05, 0) is 60.7 Å². The number of para-hydroxylation sites is 3. The molecule has 0 aliphatic heterocycles. The topological polar surface area (TPSA) is 54.8 Å². The van der Waals surface area contributed by atoms with Gasteiger partial charge in [-0.1, -0.05) is 103 Å². The minimum atomic E-state index is 0.884. The van der Waals surface area contributed by atoms with Gasteiger partial charge in [0, 0.05) is 72.9 Å². The Morgan fingerprint density at radius 3 is 1.86 bits per heavy atom. The highest BCUT2D eigenvalue weighted by Gasteiger charge is 2.19. The van der Waals surface area contributed by atoms with E-state index in [1.807, 2.05) is 30.6 Å². The molecule has 0 bridgehead atoms. The zero-order valence-electron chi connectivity index (χ0n) is 27.5. The van der Waals surface area contributed by atoms with E-state index in [1.165, 1.54) is 0 Å². The third kappa shape index (κ3) is 4.86. The Bertz CT molecular complexity index is 2870. The van der Waals surface area contributed by atoms with Crippen LogP contribution < -0.4 is 4.90 Å². The molecule has 0 aliphatic rings. The zero-order chi connectivity index (χ0) is 33.7. The van der Waals surface area contributed by atoms with Gasteiger partial charge in [0.2, 0.25) is 0 Å². The molecule has 4 heterocycles. The largest absolute Gasteiger partial charge is 0.311 e. The zero-order valence-corrected chi connectivity index (χ0v) is 27.5. The molecule has 238 valence electrons. The monoisotopic (exact) mass is 651 g/mol. The normalized spacial score (nSPS) is 11.5. The summed E-state index contributed by atoms with van der Waals surface area (Å²) in [4.78, 5) is 22.5. The molecular formula is C46H29N5. The smallest absolute Gasteiger partial charge is 0.0972 e. The summed E-state index contributed by atoms with van der Waals surface area (Å²) >= 11 is 0. The van der Waals surface area contributed by atoms with Crippen molar-refractivity contribution >= 4 is 71.4 Å². The van der Waals surface area contributed by atoms with E-state index in [0.717, 1.165) is 94.0 Å². The summed E-state index contributed by atoms with van der Waals surface area (Å²) in [6.45, 7) is 0. The van der Waals surface area contributed by atoms with Crippen LogP contribution in [-0.2, 0) is 0 Å². The van der Waals surface area contributed by atoms with E-state index in [-0.39, 0.29) is 0 Å². The van der Waals surface area contributed by atoms with Crippen molar-refractivity contribution in [1.29, 1.82) is 0 Å². The molecular weight excluding hydrogens is 623 g/mol. The number of rotatable bonds is 5. The molecule has 0 saturated carbocycles. The molecule has 10 aromatic rings. The SMILES string of the molecule is c1ccc(N(c2ccccc2)c2ccc(-c3nc4ccccc4c4c3cnc3cccc(-c5ccc6ccc7cccnc7c6n5)c34)cc2)cc1. The van der Waals surface area contributed by atoms with Gasteiger partial charge >= 0.3 is 0 Å². The molecule has 0 radical (unpaired) electrons. The molecule has 10 rings (SSSR count). The number of pyridine rings is 4. The van der Waals surface area contributed by atoms with Gasteiger partial charge in [0.05, 0.1) is 33.5 Å². The maximum atomic E-state index is 5.27. The summed E-state index contributed by atoms with van der Waals surface area (Å²) in [5.41, 5.74) is 10.7. The average Bonchev–Trinajstić information content (AvgIpc) is 3.21. The summed E-state index contributed by atoms with van der Waals surface area (Å²) in [7, 11) is 0. The molecule has 0 amide bonds. The predicted molar refractivity (Wildman–Crippen MR) is 211 cm³/mol. The summed E-state index contributed by atoms with van der Waals surface area (Å²) in [6, 6.07) is 56.8. The van der Waals surface area contributed by atoms with Crippen LogP contribution in [-0.4, -0.2) is 19.9 Å². The van der Waals surface area contributed by atoms with Crippen molar-refractivity contribution in [3.05, 3.63) is 176 Å². The Morgan fingerprint density at radius 1 is 0.412 bits per heavy atom. The van der Waals surface area contributed by atoms with Crippen molar-refractivity contribution in [2.45, 2.75) is 0 Å². The van der Waals surface area contributed by atoms with E-state index in [1.54, 1.807) is 0 Å². The molecule has 5 heteroatoms. The fourth-order valence-corrected chi connectivity index (χ4v) is 7.34.